The van der Waals surface area contributed by atoms with Crippen molar-refractivity contribution < 1.29 is 15.0 Å². The van der Waals surface area contributed by atoms with Crippen LogP contribution >= 0.6 is 11.6 Å². The van der Waals surface area contributed by atoms with E-state index < -0.39 is 11.5 Å². The summed E-state index contributed by atoms with van der Waals surface area (Å²) < 4.78 is 0. The number of carbonyl (C=O) groups is 1. The molecule has 1 aromatic carbocycles. The molecule has 0 amide bonds. The summed E-state index contributed by atoms with van der Waals surface area (Å²) in [6.45, 7) is 1.79. The fraction of sp³-hybridized carbons (Fsp3) is 0.300. The van der Waals surface area contributed by atoms with Crippen molar-refractivity contribution in [2.75, 3.05) is 6.54 Å². The third-order valence-corrected chi connectivity index (χ3v) is 2.52. The number of hydrogen-bond donors (Lipinski definition) is 3. The number of phenols is 2. The van der Waals surface area contributed by atoms with E-state index in [9.17, 15) is 15.0 Å². The molecule has 5 heteroatoms. The Morgan fingerprint density at radius 1 is 1.53 bits per heavy atom. The van der Waals surface area contributed by atoms with Crippen molar-refractivity contribution in [2.24, 2.45) is 5.73 Å². The Bertz CT molecular complexity index is 378. The van der Waals surface area contributed by atoms with E-state index in [2.05, 4.69) is 0 Å². The fourth-order valence-electron chi connectivity index (χ4n) is 1.32. The van der Waals surface area contributed by atoms with Gasteiger partial charge < -0.3 is 15.9 Å². The van der Waals surface area contributed by atoms with E-state index in [1.54, 1.807) is 6.92 Å². The Hall–Kier alpha value is -1.26. The normalized spacial score (nSPS) is 10.3. The van der Waals surface area contributed by atoms with E-state index in [0.29, 0.717) is 5.56 Å². The summed E-state index contributed by atoms with van der Waals surface area (Å²) in [5, 5.41) is 19.1. The SMILES string of the molecule is Cc1c(Cl)cc(O)c(O)c1C(=O)CCN. The van der Waals surface area contributed by atoms with E-state index in [1.165, 1.54) is 6.07 Å². The maximum Gasteiger partial charge on any atom is 0.168 e. The summed E-state index contributed by atoms with van der Waals surface area (Å²) in [5.41, 5.74) is 5.74. The molecule has 0 heterocycles. The molecule has 0 atom stereocenters. The molecule has 1 rings (SSSR count). The number of hydrogen-bond acceptors (Lipinski definition) is 4. The summed E-state index contributed by atoms with van der Waals surface area (Å²) in [6, 6.07) is 1.20. The molecule has 0 aliphatic rings. The Labute approximate surface area is 92.3 Å². The van der Waals surface area contributed by atoms with Gasteiger partial charge in [-0.25, -0.2) is 0 Å². The summed E-state index contributed by atoms with van der Waals surface area (Å²) in [6.07, 6.45) is 0.105. The number of aromatic hydroxyl groups is 2. The fourth-order valence-corrected chi connectivity index (χ4v) is 1.52. The lowest BCUT2D eigenvalue weighted by molar-refractivity contribution is 0.0981. The second kappa shape index (κ2) is 4.51. The van der Waals surface area contributed by atoms with Gasteiger partial charge in [-0.3, -0.25) is 4.79 Å². The molecule has 4 nitrogen and oxygen atoms in total. The zero-order valence-electron chi connectivity index (χ0n) is 8.25. The number of phenolic OH excluding ortho intramolecular Hbond substituents is 2. The predicted molar refractivity (Wildman–Crippen MR) is 57.5 cm³/mol. The third kappa shape index (κ3) is 2.22. The second-order valence-corrected chi connectivity index (χ2v) is 3.60. The topological polar surface area (TPSA) is 83.5 Å². The molecule has 4 N–H and O–H groups in total. The first kappa shape index (κ1) is 11.8. The highest BCUT2D eigenvalue weighted by atomic mass is 35.5. The van der Waals surface area contributed by atoms with Gasteiger partial charge in [0, 0.05) is 17.5 Å². The van der Waals surface area contributed by atoms with E-state index in [4.69, 9.17) is 17.3 Å². The molecule has 0 unspecified atom stereocenters. The van der Waals surface area contributed by atoms with Crippen LogP contribution in [0.15, 0.2) is 6.07 Å². The van der Waals surface area contributed by atoms with Crippen LogP contribution in [0.4, 0.5) is 0 Å². The monoisotopic (exact) mass is 229 g/mol. The average molecular weight is 230 g/mol. The van der Waals surface area contributed by atoms with Gasteiger partial charge in [0.1, 0.15) is 0 Å². The molecule has 0 saturated heterocycles. The zero-order chi connectivity index (χ0) is 11.6. The number of carbonyl (C=O) groups excluding carboxylic acids is 1. The van der Waals surface area contributed by atoms with E-state index in [1.807, 2.05) is 0 Å². The van der Waals surface area contributed by atoms with Crippen molar-refractivity contribution in [3.05, 3.63) is 22.2 Å². The average Bonchev–Trinajstić information content (AvgIpc) is 2.16. The van der Waals surface area contributed by atoms with Crippen LogP contribution in [0.2, 0.25) is 5.02 Å². The second-order valence-electron chi connectivity index (χ2n) is 3.19. The largest absolute Gasteiger partial charge is 0.504 e. The molecule has 0 aliphatic heterocycles. The summed E-state index contributed by atoms with van der Waals surface area (Å²) in [4.78, 5) is 11.6. The molecule has 0 radical (unpaired) electrons. The van der Waals surface area contributed by atoms with Crippen LogP contribution < -0.4 is 5.73 Å². The smallest absolute Gasteiger partial charge is 0.168 e. The van der Waals surface area contributed by atoms with E-state index >= 15 is 0 Å². The number of benzene rings is 1. The number of nitrogens with two attached hydrogens (primary N) is 1. The Balaban J connectivity index is 3.32. The van der Waals surface area contributed by atoms with Crippen molar-refractivity contribution in [2.45, 2.75) is 13.3 Å². The number of rotatable bonds is 3. The van der Waals surface area contributed by atoms with Gasteiger partial charge in [0.25, 0.3) is 0 Å². The van der Waals surface area contributed by atoms with Crippen LogP contribution in [0.25, 0.3) is 0 Å². The highest BCUT2D eigenvalue weighted by molar-refractivity contribution is 6.32. The van der Waals surface area contributed by atoms with Gasteiger partial charge >= 0.3 is 0 Å². The minimum atomic E-state index is -0.435. The lowest BCUT2D eigenvalue weighted by Crippen LogP contribution is -2.10. The van der Waals surface area contributed by atoms with Crippen LogP contribution in [-0.4, -0.2) is 22.5 Å². The van der Waals surface area contributed by atoms with Gasteiger partial charge in [-0.15, -0.1) is 0 Å². The Morgan fingerprint density at radius 2 is 2.13 bits per heavy atom. The molecule has 0 aromatic heterocycles. The van der Waals surface area contributed by atoms with Crippen LogP contribution in [0, 0.1) is 6.92 Å². The molecular formula is C10H12ClNO3. The van der Waals surface area contributed by atoms with Gasteiger partial charge in [-0.05, 0) is 19.0 Å². The standard InChI is InChI=1S/C10H12ClNO3/c1-5-6(11)4-8(14)10(15)9(5)7(13)2-3-12/h4,14-15H,2-3,12H2,1H3. The number of Topliss-reactive ketones (excluding diaryl/α,β-unsaturated/α-hetero) is 1. The molecule has 15 heavy (non-hydrogen) atoms. The molecule has 0 aliphatic carbocycles. The van der Waals surface area contributed by atoms with Crippen molar-refractivity contribution in [3.8, 4) is 11.5 Å². The molecular weight excluding hydrogens is 218 g/mol. The first-order valence-corrected chi connectivity index (χ1v) is 4.81. The van der Waals surface area contributed by atoms with Crippen LogP contribution in [0.3, 0.4) is 0 Å². The maximum absolute atomic E-state index is 11.6. The molecule has 1 aromatic rings. The molecule has 0 saturated carbocycles. The predicted octanol–water partition coefficient (Wildman–Crippen LogP) is 1.59. The lowest BCUT2D eigenvalue weighted by Gasteiger charge is -2.10. The van der Waals surface area contributed by atoms with Gasteiger partial charge in [-0.2, -0.15) is 0 Å². The van der Waals surface area contributed by atoms with Crippen molar-refractivity contribution >= 4 is 17.4 Å². The van der Waals surface area contributed by atoms with Gasteiger partial charge in [0.2, 0.25) is 0 Å². The summed E-state index contributed by atoms with van der Waals surface area (Å²) in [5.74, 6) is -1.16. The van der Waals surface area contributed by atoms with Crippen LogP contribution in [-0.2, 0) is 0 Å². The minimum absolute atomic E-state index is 0.0467. The highest BCUT2D eigenvalue weighted by Gasteiger charge is 2.19. The van der Waals surface area contributed by atoms with Crippen molar-refractivity contribution in [3.63, 3.8) is 0 Å². The number of halogens is 1. The van der Waals surface area contributed by atoms with Gasteiger partial charge in [-0.1, -0.05) is 11.6 Å². The van der Waals surface area contributed by atoms with E-state index in [0.717, 1.165) is 0 Å². The maximum atomic E-state index is 11.6. The lowest BCUT2D eigenvalue weighted by atomic mass is 10.0. The molecule has 0 spiro atoms. The molecule has 82 valence electrons. The highest BCUT2D eigenvalue weighted by Crippen LogP contribution is 2.36. The summed E-state index contributed by atoms with van der Waals surface area (Å²) in [7, 11) is 0. The van der Waals surface area contributed by atoms with Crippen LogP contribution in [0.5, 0.6) is 11.5 Å². The third-order valence-electron chi connectivity index (χ3n) is 2.13. The first-order chi connectivity index (χ1) is 6.99. The minimum Gasteiger partial charge on any atom is -0.504 e. The Kier molecular flexibility index (Phi) is 3.55. The van der Waals surface area contributed by atoms with Crippen molar-refractivity contribution in [1.29, 1.82) is 0 Å². The number of ketones is 1. The van der Waals surface area contributed by atoms with Gasteiger partial charge in [0.05, 0.1) is 5.56 Å². The quantitative estimate of drug-likeness (QED) is 0.543. The Morgan fingerprint density at radius 3 is 2.67 bits per heavy atom. The molecule has 0 fully saturated rings. The van der Waals surface area contributed by atoms with Crippen LogP contribution in [0.1, 0.15) is 22.3 Å². The molecule has 0 bridgehead atoms. The first-order valence-electron chi connectivity index (χ1n) is 4.43. The van der Waals surface area contributed by atoms with E-state index in [-0.39, 0.29) is 29.3 Å². The van der Waals surface area contributed by atoms with Gasteiger partial charge in [0.15, 0.2) is 17.3 Å². The summed E-state index contributed by atoms with van der Waals surface area (Å²) >= 11 is 5.78. The van der Waals surface area contributed by atoms with Crippen molar-refractivity contribution in [1.82, 2.24) is 0 Å². The zero-order valence-corrected chi connectivity index (χ0v) is 9.01.